The number of rotatable bonds is 8. The van der Waals surface area contributed by atoms with Gasteiger partial charge in [0, 0.05) is 26.2 Å². The average molecular weight is 298 g/mol. The van der Waals surface area contributed by atoms with Crippen molar-refractivity contribution in [3.05, 3.63) is 0 Å². The third kappa shape index (κ3) is 8.27. The summed E-state index contributed by atoms with van der Waals surface area (Å²) in [6.07, 6.45) is 3.83. The molecule has 1 aliphatic heterocycles. The van der Waals surface area contributed by atoms with Gasteiger partial charge in [-0.2, -0.15) is 0 Å². The number of hydrogen-bond donors (Lipinski definition) is 2. The molecule has 0 aliphatic carbocycles. The summed E-state index contributed by atoms with van der Waals surface area (Å²) >= 11 is 0. The molecule has 5 nitrogen and oxygen atoms in total. The molecule has 21 heavy (non-hydrogen) atoms. The number of guanidine groups is 1. The monoisotopic (exact) mass is 298 g/mol. The average Bonchev–Trinajstić information content (AvgIpc) is 2.46. The number of aliphatic imine (C=N–C) groups is 1. The second kappa shape index (κ2) is 10.9. The van der Waals surface area contributed by atoms with Gasteiger partial charge in [-0.1, -0.05) is 6.92 Å². The lowest BCUT2D eigenvalue weighted by atomic mass is 9.99. The maximum atomic E-state index is 5.14. The van der Waals surface area contributed by atoms with Gasteiger partial charge < -0.3 is 20.3 Å². The number of nitrogens with zero attached hydrogens (tertiary/aromatic N) is 2. The summed E-state index contributed by atoms with van der Waals surface area (Å²) in [4.78, 5) is 7.22. The van der Waals surface area contributed by atoms with Crippen molar-refractivity contribution in [3.8, 4) is 0 Å². The lowest BCUT2D eigenvalue weighted by Crippen LogP contribution is -2.44. The SMILES string of the molecule is CCNC(=NCCCN1CCC(C)CC1)NC(C)COC. The molecule has 0 saturated carbocycles. The standard InChI is InChI=1S/C16H34N4O/c1-5-17-16(19-15(3)13-21-4)18-9-6-10-20-11-7-14(2)8-12-20/h14-15H,5-13H2,1-4H3,(H2,17,18,19). The molecule has 0 aromatic rings. The van der Waals surface area contributed by atoms with Gasteiger partial charge in [0.1, 0.15) is 0 Å². The van der Waals surface area contributed by atoms with Crippen LogP contribution >= 0.6 is 0 Å². The summed E-state index contributed by atoms with van der Waals surface area (Å²) in [7, 11) is 1.72. The Hall–Kier alpha value is -0.810. The Morgan fingerprint density at radius 2 is 2.10 bits per heavy atom. The van der Waals surface area contributed by atoms with E-state index in [-0.39, 0.29) is 6.04 Å². The Balaban J connectivity index is 2.23. The quantitative estimate of drug-likeness (QED) is 0.407. The Morgan fingerprint density at radius 1 is 1.38 bits per heavy atom. The first-order valence-corrected chi connectivity index (χ1v) is 8.41. The summed E-state index contributed by atoms with van der Waals surface area (Å²) in [5.41, 5.74) is 0. The van der Waals surface area contributed by atoms with Crippen LogP contribution in [-0.2, 0) is 4.74 Å². The molecule has 0 aromatic heterocycles. The van der Waals surface area contributed by atoms with E-state index in [0.717, 1.165) is 31.4 Å². The van der Waals surface area contributed by atoms with Crippen LogP contribution in [0.25, 0.3) is 0 Å². The summed E-state index contributed by atoms with van der Waals surface area (Å²) < 4.78 is 5.14. The first-order valence-electron chi connectivity index (χ1n) is 8.41. The van der Waals surface area contributed by atoms with Crippen molar-refractivity contribution in [1.82, 2.24) is 15.5 Å². The summed E-state index contributed by atoms with van der Waals surface area (Å²) in [5.74, 6) is 1.81. The zero-order valence-corrected chi connectivity index (χ0v) is 14.3. The van der Waals surface area contributed by atoms with Crippen molar-refractivity contribution in [2.75, 3.05) is 46.4 Å². The minimum absolute atomic E-state index is 0.274. The molecule has 1 rings (SSSR count). The van der Waals surface area contributed by atoms with Crippen LogP contribution < -0.4 is 10.6 Å². The predicted octanol–water partition coefficient (Wildman–Crippen LogP) is 1.70. The maximum Gasteiger partial charge on any atom is 0.191 e. The first-order chi connectivity index (χ1) is 10.2. The maximum absolute atomic E-state index is 5.14. The summed E-state index contributed by atoms with van der Waals surface area (Å²) in [5, 5.41) is 6.65. The topological polar surface area (TPSA) is 48.9 Å². The lowest BCUT2D eigenvalue weighted by molar-refractivity contribution is 0.179. The molecular weight excluding hydrogens is 264 g/mol. The molecule has 0 radical (unpaired) electrons. The van der Waals surface area contributed by atoms with Crippen LogP contribution in [0.2, 0.25) is 0 Å². The van der Waals surface area contributed by atoms with Crippen LogP contribution in [0.5, 0.6) is 0 Å². The van der Waals surface area contributed by atoms with E-state index in [2.05, 4.69) is 41.3 Å². The van der Waals surface area contributed by atoms with Crippen LogP contribution in [0.15, 0.2) is 4.99 Å². The highest BCUT2D eigenvalue weighted by atomic mass is 16.5. The molecule has 5 heteroatoms. The molecule has 0 spiro atoms. The third-order valence-electron chi connectivity index (χ3n) is 3.92. The minimum Gasteiger partial charge on any atom is -0.383 e. The van der Waals surface area contributed by atoms with Crippen molar-refractivity contribution < 1.29 is 4.74 Å². The highest BCUT2D eigenvalue weighted by Gasteiger charge is 2.14. The van der Waals surface area contributed by atoms with Crippen LogP contribution in [0.1, 0.15) is 40.0 Å². The number of piperidine rings is 1. The Kier molecular flexibility index (Phi) is 9.42. The van der Waals surface area contributed by atoms with Gasteiger partial charge in [0.2, 0.25) is 0 Å². The van der Waals surface area contributed by atoms with E-state index in [4.69, 9.17) is 4.74 Å². The molecule has 0 aromatic carbocycles. The zero-order valence-electron chi connectivity index (χ0n) is 14.3. The van der Waals surface area contributed by atoms with E-state index < -0.39 is 0 Å². The van der Waals surface area contributed by atoms with Gasteiger partial charge in [-0.25, -0.2) is 0 Å². The second-order valence-electron chi connectivity index (χ2n) is 6.14. The fourth-order valence-corrected chi connectivity index (χ4v) is 2.62. The Morgan fingerprint density at radius 3 is 2.71 bits per heavy atom. The lowest BCUT2D eigenvalue weighted by Gasteiger charge is -2.29. The molecule has 2 N–H and O–H groups in total. The zero-order chi connectivity index (χ0) is 15.5. The van der Waals surface area contributed by atoms with Gasteiger partial charge >= 0.3 is 0 Å². The molecule has 1 fully saturated rings. The van der Waals surface area contributed by atoms with E-state index in [9.17, 15) is 0 Å². The number of nitrogens with one attached hydrogen (secondary N) is 2. The molecular formula is C16H34N4O. The van der Waals surface area contributed by atoms with Gasteiger partial charge in [0.25, 0.3) is 0 Å². The van der Waals surface area contributed by atoms with Crippen molar-refractivity contribution in [2.24, 2.45) is 10.9 Å². The third-order valence-corrected chi connectivity index (χ3v) is 3.92. The van der Waals surface area contributed by atoms with Crippen molar-refractivity contribution in [2.45, 2.75) is 46.1 Å². The van der Waals surface area contributed by atoms with E-state index in [0.29, 0.717) is 6.61 Å². The Bertz CT molecular complexity index is 288. The highest BCUT2D eigenvalue weighted by Crippen LogP contribution is 2.15. The fraction of sp³-hybridized carbons (Fsp3) is 0.938. The molecule has 1 atom stereocenters. The molecule has 1 heterocycles. The first kappa shape index (κ1) is 18.2. The largest absolute Gasteiger partial charge is 0.383 e. The fourth-order valence-electron chi connectivity index (χ4n) is 2.62. The highest BCUT2D eigenvalue weighted by molar-refractivity contribution is 5.80. The molecule has 1 unspecified atom stereocenters. The number of hydrogen-bond acceptors (Lipinski definition) is 3. The Labute approximate surface area is 130 Å². The molecule has 124 valence electrons. The van der Waals surface area contributed by atoms with Gasteiger partial charge in [-0.3, -0.25) is 4.99 Å². The normalized spacial score (nSPS) is 19.5. The molecule has 1 aliphatic rings. The van der Waals surface area contributed by atoms with E-state index in [1.807, 2.05) is 0 Å². The van der Waals surface area contributed by atoms with Gasteiger partial charge in [-0.05, 0) is 58.7 Å². The minimum atomic E-state index is 0.274. The summed E-state index contributed by atoms with van der Waals surface area (Å²) in [6.45, 7) is 12.7. The van der Waals surface area contributed by atoms with Crippen LogP contribution in [0.3, 0.4) is 0 Å². The van der Waals surface area contributed by atoms with E-state index in [1.165, 1.54) is 32.5 Å². The van der Waals surface area contributed by atoms with Crippen molar-refractivity contribution in [1.29, 1.82) is 0 Å². The molecule has 0 bridgehead atoms. The summed E-state index contributed by atoms with van der Waals surface area (Å²) in [6, 6.07) is 0.274. The van der Waals surface area contributed by atoms with Crippen LogP contribution in [-0.4, -0.2) is 63.3 Å². The second-order valence-corrected chi connectivity index (χ2v) is 6.14. The molecule has 1 saturated heterocycles. The number of ether oxygens (including phenoxy) is 1. The smallest absolute Gasteiger partial charge is 0.191 e. The van der Waals surface area contributed by atoms with E-state index >= 15 is 0 Å². The van der Waals surface area contributed by atoms with Crippen molar-refractivity contribution >= 4 is 5.96 Å². The number of likely N-dealkylation sites (tertiary alicyclic amines) is 1. The van der Waals surface area contributed by atoms with Crippen LogP contribution in [0.4, 0.5) is 0 Å². The van der Waals surface area contributed by atoms with Gasteiger partial charge in [-0.15, -0.1) is 0 Å². The molecule has 0 amide bonds. The van der Waals surface area contributed by atoms with Crippen LogP contribution in [0, 0.1) is 5.92 Å². The van der Waals surface area contributed by atoms with Crippen molar-refractivity contribution in [3.63, 3.8) is 0 Å². The van der Waals surface area contributed by atoms with E-state index in [1.54, 1.807) is 7.11 Å². The van der Waals surface area contributed by atoms with Gasteiger partial charge in [0.05, 0.1) is 6.61 Å². The predicted molar refractivity (Wildman–Crippen MR) is 89.9 cm³/mol. The van der Waals surface area contributed by atoms with Gasteiger partial charge in [0.15, 0.2) is 5.96 Å². The number of methoxy groups -OCH3 is 1.